The van der Waals surface area contributed by atoms with Crippen molar-refractivity contribution in [2.45, 2.75) is 37.6 Å². The zero-order valence-electron chi connectivity index (χ0n) is 18.9. The quantitative estimate of drug-likeness (QED) is 0.705. The van der Waals surface area contributed by atoms with E-state index >= 15 is 0 Å². The van der Waals surface area contributed by atoms with E-state index in [0.29, 0.717) is 37.9 Å². The van der Waals surface area contributed by atoms with E-state index in [2.05, 4.69) is 29.6 Å². The lowest BCUT2D eigenvalue weighted by atomic mass is 9.98. The molecule has 1 aliphatic heterocycles. The van der Waals surface area contributed by atoms with E-state index in [1.807, 2.05) is 24.3 Å². The number of hydrogen-bond acceptors (Lipinski definition) is 4. The van der Waals surface area contributed by atoms with Gasteiger partial charge in [-0.1, -0.05) is 54.6 Å². The zero-order valence-corrected chi connectivity index (χ0v) is 18.9. The molecule has 1 heterocycles. The van der Waals surface area contributed by atoms with E-state index in [4.69, 9.17) is 9.84 Å². The Balaban J connectivity index is 1.13. The standard InChI is InChI=1S/C27H28N2O5/c30-25(29-13-11-17(12-14-29)26(31)32)18-9-10-19(15-18)28-27(33)34-16-24-22-7-3-1-5-20(22)21-6-2-4-8-23(21)24/h1-8,11,18-19,24H,9-10,12-16H2,(H,28,33)(H,31,32). The van der Waals surface area contributed by atoms with Gasteiger partial charge in [-0.2, -0.15) is 0 Å². The van der Waals surface area contributed by atoms with Crippen molar-refractivity contribution in [1.29, 1.82) is 0 Å². The second kappa shape index (κ2) is 9.33. The van der Waals surface area contributed by atoms with E-state index in [1.165, 1.54) is 22.3 Å². The Morgan fingerprint density at radius 1 is 1.00 bits per heavy atom. The fraction of sp³-hybridized carbons (Fsp3) is 0.370. The molecule has 176 valence electrons. The highest BCUT2D eigenvalue weighted by Gasteiger charge is 2.35. The Morgan fingerprint density at radius 2 is 1.68 bits per heavy atom. The van der Waals surface area contributed by atoms with Gasteiger partial charge in [-0.15, -0.1) is 0 Å². The van der Waals surface area contributed by atoms with Crippen molar-refractivity contribution < 1.29 is 24.2 Å². The summed E-state index contributed by atoms with van der Waals surface area (Å²) >= 11 is 0. The van der Waals surface area contributed by atoms with Crippen molar-refractivity contribution in [3.63, 3.8) is 0 Å². The van der Waals surface area contributed by atoms with Crippen LogP contribution in [0.4, 0.5) is 4.79 Å². The van der Waals surface area contributed by atoms with Crippen molar-refractivity contribution in [3.8, 4) is 11.1 Å². The van der Waals surface area contributed by atoms with Gasteiger partial charge in [0, 0.05) is 36.5 Å². The number of carbonyl (C=O) groups excluding carboxylic acids is 2. The largest absolute Gasteiger partial charge is 0.478 e. The molecule has 7 heteroatoms. The molecule has 1 saturated carbocycles. The van der Waals surface area contributed by atoms with Crippen LogP contribution in [-0.4, -0.2) is 53.7 Å². The smallest absolute Gasteiger partial charge is 0.407 e. The monoisotopic (exact) mass is 460 g/mol. The number of ether oxygens (including phenoxy) is 1. The van der Waals surface area contributed by atoms with Gasteiger partial charge in [0.25, 0.3) is 0 Å². The lowest BCUT2D eigenvalue weighted by molar-refractivity contribution is -0.137. The van der Waals surface area contributed by atoms with Crippen LogP contribution < -0.4 is 5.32 Å². The number of hydrogen-bond donors (Lipinski definition) is 2. The summed E-state index contributed by atoms with van der Waals surface area (Å²) in [7, 11) is 0. The highest BCUT2D eigenvalue weighted by molar-refractivity contribution is 5.87. The van der Waals surface area contributed by atoms with Gasteiger partial charge >= 0.3 is 12.1 Å². The summed E-state index contributed by atoms with van der Waals surface area (Å²) in [6.07, 6.45) is 3.55. The van der Waals surface area contributed by atoms with Gasteiger partial charge in [0.2, 0.25) is 5.91 Å². The maximum atomic E-state index is 12.8. The number of fused-ring (bicyclic) bond motifs is 3. The van der Waals surface area contributed by atoms with Crippen LogP contribution in [-0.2, 0) is 14.3 Å². The average molecular weight is 461 g/mol. The summed E-state index contributed by atoms with van der Waals surface area (Å²) in [5, 5.41) is 12.0. The van der Waals surface area contributed by atoms with Crippen molar-refractivity contribution in [2.24, 2.45) is 5.92 Å². The molecule has 1 fully saturated rings. The predicted molar refractivity (Wildman–Crippen MR) is 126 cm³/mol. The molecule has 2 N–H and O–H groups in total. The Morgan fingerprint density at radius 3 is 2.29 bits per heavy atom. The minimum atomic E-state index is -0.916. The second-order valence-electron chi connectivity index (χ2n) is 9.25. The molecule has 3 aliphatic rings. The van der Waals surface area contributed by atoms with Crippen LogP contribution in [0, 0.1) is 5.92 Å². The minimum absolute atomic E-state index is 0.0129. The number of carboxylic acids is 1. The van der Waals surface area contributed by atoms with Gasteiger partial charge in [0.15, 0.2) is 0 Å². The number of nitrogens with one attached hydrogen (secondary N) is 1. The van der Waals surface area contributed by atoms with Crippen molar-refractivity contribution in [1.82, 2.24) is 10.2 Å². The molecule has 5 rings (SSSR count). The fourth-order valence-corrected chi connectivity index (χ4v) is 5.47. The zero-order chi connectivity index (χ0) is 23.7. The van der Waals surface area contributed by atoms with Crippen LogP contribution in [0.3, 0.4) is 0 Å². The summed E-state index contributed by atoms with van der Waals surface area (Å²) in [4.78, 5) is 38.2. The van der Waals surface area contributed by atoms with E-state index < -0.39 is 12.1 Å². The number of amides is 2. The lowest BCUT2D eigenvalue weighted by Gasteiger charge is -2.28. The van der Waals surface area contributed by atoms with Crippen LogP contribution in [0.1, 0.15) is 42.7 Å². The number of aliphatic carboxylic acids is 1. The van der Waals surface area contributed by atoms with Crippen LogP contribution in [0.25, 0.3) is 11.1 Å². The maximum Gasteiger partial charge on any atom is 0.407 e. The topological polar surface area (TPSA) is 95.9 Å². The SMILES string of the molecule is O=C(NC1CCC(C(=O)N2CC=C(C(=O)O)CC2)C1)OCC1c2ccccc2-c2ccccc21. The number of carbonyl (C=O) groups is 3. The molecular weight excluding hydrogens is 432 g/mol. The molecule has 34 heavy (non-hydrogen) atoms. The van der Waals surface area contributed by atoms with Crippen molar-refractivity contribution in [3.05, 3.63) is 71.3 Å². The van der Waals surface area contributed by atoms with Crippen LogP contribution in [0.2, 0.25) is 0 Å². The molecule has 2 aliphatic carbocycles. The first-order chi connectivity index (χ1) is 16.5. The number of nitrogens with zero attached hydrogens (tertiary/aromatic N) is 1. The van der Waals surface area contributed by atoms with Gasteiger partial charge in [0.05, 0.1) is 0 Å². The number of rotatable bonds is 5. The van der Waals surface area contributed by atoms with Gasteiger partial charge in [-0.3, -0.25) is 4.79 Å². The van der Waals surface area contributed by atoms with Crippen molar-refractivity contribution >= 4 is 18.0 Å². The molecule has 2 amide bonds. The fourth-order valence-electron chi connectivity index (χ4n) is 5.47. The number of alkyl carbamates (subject to hydrolysis) is 1. The van der Waals surface area contributed by atoms with E-state index in [-0.39, 0.29) is 30.4 Å². The summed E-state index contributed by atoms with van der Waals surface area (Å²) < 4.78 is 5.64. The van der Waals surface area contributed by atoms with Crippen LogP contribution in [0.15, 0.2) is 60.2 Å². The third kappa shape index (κ3) is 4.30. The Hall–Kier alpha value is -3.61. The highest BCUT2D eigenvalue weighted by atomic mass is 16.5. The number of carboxylic acid groups (broad SMARTS) is 1. The Kier molecular flexibility index (Phi) is 6.09. The minimum Gasteiger partial charge on any atom is -0.478 e. The van der Waals surface area contributed by atoms with Gasteiger partial charge < -0.3 is 20.1 Å². The van der Waals surface area contributed by atoms with Crippen LogP contribution >= 0.6 is 0 Å². The average Bonchev–Trinajstić information content (AvgIpc) is 3.45. The second-order valence-corrected chi connectivity index (χ2v) is 9.25. The van der Waals surface area contributed by atoms with E-state index in [0.717, 1.165) is 6.42 Å². The lowest BCUT2D eigenvalue weighted by Crippen LogP contribution is -2.40. The summed E-state index contributed by atoms with van der Waals surface area (Å²) in [5.41, 5.74) is 5.08. The first kappa shape index (κ1) is 22.2. The molecule has 2 unspecified atom stereocenters. The highest BCUT2D eigenvalue weighted by Crippen LogP contribution is 2.44. The maximum absolute atomic E-state index is 12.8. The molecule has 0 radical (unpaired) electrons. The molecule has 0 bridgehead atoms. The van der Waals surface area contributed by atoms with E-state index in [1.54, 1.807) is 11.0 Å². The normalized spacial score (nSPS) is 21.4. The third-order valence-corrected chi connectivity index (χ3v) is 7.24. The summed E-state index contributed by atoms with van der Waals surface area (Å²) in [6.45, 7) is 1.03. The van der Waals surface area contributed by atoms with Gasteiger partial charge in [-0.05, 0) is 47.9 Å². The van der Waals surface area contributed by atoms with Gasteiger partial charge in [-0.25, -0.2) is 9.59 Å². The molecule has 2 aromatic carbocycles. The molecular formula is C27H28N2O5. The molecule has 7 nitrogen and oxygen atoms in total. The predicted octanol–water partition coefficient (Wildman–Crippen LogP) is 3.94. The number of benzene rings is 2. The molecule has 0 saturated heterocycles. The van der Waals surface area contributed by atoms with E-state index in [9.17, 15) is 14.4 Å². The first-order valence-electron chi connectivity index (χ1n) is 11.8. The third-order valence-electron chi connectivity index (χ3n) is 7.24. The summed E-state index contributed by atoms with van der Waals surface area (Å²) in [5.74, 6) is -1.02. The molecule has 2 atom stereocenters. The first-order valence-corrected chi connectivity index (χ1v) is 11.8. The van der Waals surface area contributed by atoms with Crippen LogP contribution in [0.5, 0.6) is 0 Å². The Bertz CT molecular complexity index is 1110. The van der Waals surface area contributed by atoms with Crippen molar-refractivity contribution in [2.75, 3.05) is 19.7 Å². The molecule has 0 aromatic heterocycles. The Labute approximate surface area is 198 Å². The van der Waals surface area contributed by atoms with Gasteiger partial charge in [0.1, 0.15) is 6.61 Å². The summed E-state index contributed by atoms with van der Waals surface area (Å²) in [6, 6.07) is 16.3. The molecule has 2 aromatic rings. The molecule has 0 spiro atoms.